The number of hydrogen-bond donors (Lipinski definition) is 12. The first-order valence-corrected chi connectivity index (χ1v) is 24.6. The summed E-state index contributed by atoms with van der Waals surface area (Å²) >= 11 is 5.07. The third kappa shape index (κ3) is 60.9. The summed E-state index contributed by atoms with van der Waals surface area (Å²) in [6.45, 7) is -2.76. The molecule has 430 valence electrons. The molecule has 0 aromatic rings. The van der Waals surface area contributed by atoms with Gasteiger partial charge >= 0.3 is 25.1 Å². The van der Waals surface area contributed by atoms with Gasteiger partial charge in [-0.05, 0) is 57.2 Å². The lowest BCUT2D eigenvalue weighted by Gasteiger charge is -2.28. The number of amides is 1. The average molecular weight is 1150 g/mol. The number of alkyl halides is 9. The molecule has 0 aromatic heterocycles. The number of ether oxygens (including phenoxy) is 3. The Bertz CT molecular complexity index is 1290. The number of rotatable bonds is 33. The highest BCUT2D eigenvalue weighted by Crippen LogP contribution is 2.19. The fourth-order valence-electron chi connectivity index (χ4n) is 4.88. The third-order valence-corrected chi connectivity index (χ3v) is 8.77. The van der Waals surface area contributed by atoms with Crippen LogP contribution >= 0.6 is 33.0 Å². The van der Waals surface area contributed by atoms with Crippen molar-refractivity contribution in [3.8, 4) is 0 Å². The molecular formula is C38H70Cl3F9N2O18S. The molecule has 8 atom stereocenters. The van der Waals surface area contributed by atoms with E-state index in [1.54, 1.807) is 7.05 Å². The predicted octanol–water partition coefficient (Wildman–Crippen LogP) is 2.85. The monoisotopic (exact) mass is 1150 g/mol. The van der Waals surface area contributed by atoms with Crippen LogP contribution in [0.15, 0.2) is 0 Å². The van der Waals surface area contributed by atoms with Crippen LogP contribution in [-0.2, 0) is 37.8 Å². The van der Waals surface area contributed by atoms with Gasteiger partial charge in [-0.1, -0.05) is 38.5 Å². The van der Waals surface area contributed by atoms with Crippen LogP contribution in [-0.4, -0.2) is 211 Å². The van der Waals surface area contributed by atoms with Crippen LogP contribution in [0.25, 0.3) is 0 Å². The van der Waals surface area contributed by atoms with Crippen molar-refractivity contribution in [3.05, 3.63) is 0 Å². The van der Waals surface area contributed by atoms with Crippen molar-refractivity contribution in [1.82, 2.24) is 10.2 Å². The molecular weight excluding hydrogens is 1080 g/mol. The third-order valence-electron chi connectivity index (χ3n) is 8.59. The molecule has 0 rings (SSSR count). The summed E-state index contributed by atoms with van der Waals surface area (Å²) in [6.07, 6.45) is -19.7. The lowest BCUT2D eigenvalue weighted by Crippen LogP contribution is -2.49. The molecule has 0 spiro atoms. The van der Waals surface area contributed by atoms with Crippen molar-refractivity contribution in [1.29, 1.82) is 0 Å². The number of carbonyl (C=O) groups excluding carboxylic acids is 2. The van der Waals surface area contributed by atoms with Crippen LogP contribution in [0, 0.1) is 0 Å². The van der Waals surface area contributed by atoms with Gasteiger partial charge in [0.05, 0.1) is 39.1 Å². The number of halogens is 12. The van der Waals surface area contributed by atoms with Crippen molar-refractivity contribution >= 4 is 59.3 Å². The topological polar surface area (TPSA) is 334 Å². The van der Waals surface area contributed by atoms with Crippen LogP contribution in [0.1, 0.15) is 96.3 Å². The number of aliphatic hydroxyl groups is 10. The highest BCUT2D eigenvalue weighted by Gasteiger charge is 2.33. The molecule has 12 N–H and O–H groups in total. The van der Waals surface area contributed by atoms with Gasteiger partial charge in [0.25, 0.3) is 0 Å². The van der Waals surface area contributed by atoms with Gasteiger partial charge in [0, 0.05) is 60.8 Å². The molecule has 20 nitrogen and oxygen atoms in total. The van der Waals surface area contributed by atoms with E-state index >= 15 is 0 Å². The first-order chi connectivity index (χ1) is 32.6. The van der Waals surface area contributed by atoms with Crippen LogP contribution < -0.4 is 5.32 Å². The molecule has 0 fully saturated rings. The number of likely N-dealkylation sites (N-methyl/N-ethyl adjacent to an activating group) is 2. The number of aliphatic carboxylic acids is 1. The summed E-state index contributed by atoms with van der Waals surface area (Å²) < 4.78 is 124. The normalized spacial score (nSPS) is 15.1. The largest absolute Gasteiger partial charge is 0.522 e. The van der Waals surface area contributed by atoms with E-state index in [1.807, 2.05) is 0 Å². The Morgan fingerprint density at radius 2 is 0.845 bits per heavy atom. The van der Waals surface area contributed by atoms with Crippen LogP contribution in [0.5, 0.6) is 0 Å². The maximum Gasteiger partial charge on any atom is 0.522 e. The number of carboxylic acids is 1. The maximum atomic E-state index is 11.9. The molecule has 0 aliphatic heterocycles. The standard InChI is InChI=1S/C15H28F3NO7.C8H12ClF3O2.C8H13F3O3.C7H17NO5.Cl2OS/c1-19(8-10(21)13(24)14(25)11(22)9-20)12(23)6-4-2-3-5-7-26-15(16,17)18;9-7(13)5-3-1-2-4-6-14-8(10,11)12;9-8(10,11)14-6-4-2-1-3-5-7(12)13;1-8-2-4(10)6(12)7(13)5(11)3-9;1-4(2)3/h10-11,13-14,20-22,24-25H,2-9H2,1H3;1-6H2;1-6H2,(H,12,13);4-13H,2-3H2,1H3;. The number of aliphatic hydroxyl groups excluding tert-OH is 10. The minimum absolute atomic E-state index is 0.0696. The lowest BCUT2D eigenvalue weighted by molar-refractivity contribution is -0.325. The van der Waals surface area contributed by atoms with Gasteiger partial charge in [-0.25, -0.2) is 4.21 Å². The Morgan fingerprint density at radius 1 is 0.549 bits per heavy atom. The summed E-state index contributed by atoms with van der Waals surface area (Å²) in [6, 6.07) is 0. The van der Waals surface area contributed by atoms with Gasteiger partial charge in [0.15, 0.2) is 0 Å². The minimum atomic E-state index is -4.63. The van der Waals surface area contributed by atoms with Gasteiger partial charge in [-0.3, -0.25) is 28.6 Å². The van der Waals surface area contributed by atoms with Gasteiger partial charge in [-0.15, -0.1) is 39.5 Å². The second-order valence-corrected chi connectivity index (χ2v) is 17.7. The Kier molecular flexibility index (Phi) is 51.8. The first kappa shape index (κ1) is 78.3. The molecule has 0 bridgehead atoms. The molecule has 0 aliphatic carbocycles. The minimum Gasteiger partial charge on any atom is -0.481 e. The molecule has 71 heavy (non-hydrogen) atoms. The number of hydrogen-bond acceptors (Lipinski definition) is 18. The highest BCUT2D eigenvalue weighted by atomic mass is 36.0. The summed E-state index contributed by atoms with van der Waals surface area (Å²) in [5.41, 5.74) is 0. The zero-order chi connectivity index (χ0) is 56.4. The predicted molar refractivity (Wildman–Crippen MR) is 237 cm³/mol. The zero-order valence-corrected chi connectivity index (χ0v) is 41.9. The van der Waals surface area contributed by atoms with E-state index in [0.717, 1.165) is 4.90 Å². The second-order valence-electron chi connectivity index (χ2n) is 14.7. The lowest BCUT2D eigenvalue weighted by atomic mass is 10.0. The zero-order valence-electron chi connectivity index (χ0n) is 38.8. The van der Waals surface area contributed by atoms with E-state index in [9.17, 15) is 79.4 Å². The van der Waals surface area contributed by atoms with E-state index in [1.165, 1.54) is 7.05 Å². The van der Waals surface area contributed by atoms with E-state index in [4.69, 9.17) is 46.4 Å². The Balaban J connectivity index is -0.000000278. The van der Waals surface area contributed by atoms with Crippen molar-refractivity contribution in [2.75, 3.05) is 60.2 Å². The molecule has 0 aromatic carbocycles. The number of unbranched alkanes of at least 4 members (excludes halogenated alkanes) is 9. The summed E-state index contributed by atoms with van der Waals surface area (Å²) in [5.74, 6) is -1.23. The van der Waals surface area contributed by atoms with Crippen molar-refractivity contribution in [2.24, 2.45) is 0 Å². The van der Waals surface area contributed by atoms with E-state index < -0.39 is 108 Å². The number of carbonyl (C=O) groups is 3. The number of nitrogens with zero attached hydrogens (tertiary/aromatic N) is 1. The van der Waals surface area contributed by atoms with E-state index in [-0.39, 0.29) is 57.9 Å². The average Bonchev–Trinajstić information content (AvgIpc) is 3.25. The number of carboxylic acid groups (broad SMARTS) is 1. The Labute approximate surface area is 421 Å². The van der Waals surface area contributed by atoms with Crippen molar-refractivity contribution < 1.29 is 128 Å². The van der Waals surface area contributed by atoms with Crippen LogP contribution in [0.3, 0.4) is 0 Å². The van der Waals surface area contributed by atoms with Crippen LogP contribution in [0.4, 0.5) is 39.5 Å². The molecule has 0 saturated carbocycles. The molecule has 1 amide bonds. The van der Waals surface area contributed by atoms with Gasteiger partial charge in [0.1, 0.15) is 42.7 Å². The Hall–Kier alpha value is -1.56. The molecule has 0 heterocycles. The molecule has 0 saturated heterocycles. The summed E-state index contributed by atoms with van der Waals surface area (Å²) in [4.78, 5) is 33.3. The fourth-order valence-corrected chi connectivity index (χ4v) is 5.02. The van der Waals surface area contributed by atoms with E-state index in [2.05, 4.69) is 40.9 Å². The molecule has 33 heteroatoms. The maximum absolute atomic E-state index is 11.9. The SMILES string of the molecule is CN(CC(O)C(O)C(O)C(O)CO)C(=O)CCCCCCOC(F)(F)F.CNCC(O)C(O)C(O)C(O)CO.O=C(Cl)CCCCCCOC(F)(F)F.O=C(O)CCCCCCOC(F)(F)F.O=S(Cl)Cl. The van der Waals surface area contributed by atoms with Crippen LogP contribution in [0.2, 0.25) is 0 Å². The molecule has 8 unspecified atom stereocenters. The fraction of sp³-hybridized carbons (Fsp3) is 0.921. The summed E-state index contributed by atoms with van der Waals surface area (Å²) in [5, 5.41) is 102. The molecule has 0 aliphatic rings. The highest BCUT2D eigenvalue weighted by molar-refractivity contribution is 8.26. The second kappa shape index (κ2) is 46.9. The first-order valence-electron chi connectivity index (χ1n) is 21.4. The molecule has 0 radical (unpaired) electrons. The van der Waals surface area contributed by atoms with E-state index in [0.29, 0.717) is 70.6 Å². The smallest absolute Gasteiger partial charge is 0.481 e. The number of nitrogens with one attached hydrogen (secondary N) is 1. The van der Waals surface area contributed by atoms with Crippen molar-refractivity contribution in [3.63, 3.8) is 0 Å². The van der Waals surface area contributed by atoms with Crippen molar-refractivity contribution in [2.45, 2.75) is 164 Å². The summed E-state index contributed by atoms with van der Waals surface area (Å²) in [7, 11) is 10.3. The quantitative estimate of drug-likeness (QED) is 0.0255. The Morgan fingerprint density at radius 3 is 1.14 bits per heavy atom. The van der Waals surface area contributed by atoms with Gasteiger partial charge in [-0.2, -0.15) is 0 Å². The van der Waals surface area contributed by atoms with Gasteiger partial charge < -0.3 is 66.4 Å². The van der Waals surface area contributed by atoms with Gasteiger partial charge in [0.2, 0.25) is 20.4 Å².